The fourth-order valence-corrected chi connectivity index (χ4v) is 5.23. The van der Waals surface area contributed by atoms with E-state index in [1.165, 1.54) is 29.5 Å². The number of amides is 1. The molecule has 0 unspecified atom stereocenters. The van der Waals surface area contributed by atoms with E-state index in [1.54, 1.807) is 7.11 Å². The maximum Gasteiger partial charge on any atom is 0.225 e. The highest BCUT2D eigenvalue weighted by atomic mass is 16.5. The van der Waals surface area contributed by atoms with Crippen molar-refractivity contribution in [1.82, 2.24) is 9.80 Å². The van der Waals surface area contributed by atoms with Gasteiger partial charge in [0.15, 0.2) is 0 Å². The Balaban J connectivity index is 1.21. The van der Waals surface area contributed by atoms with Crippen molar-refractivity contribution in [2.75, 3.05) is 39.9 Å². The third kappa shape index (κ3) is 6.32. The van der Waals surface area contributed by atoms with Gasteiger partial charge >= 0.3 is 0 Å². The lowest BCUT2D eigenvalue weighted by Crippen LogP contribution is -2.34. The molecule has 0 spiro atoms. The summed E-state index contributed by atoms with van der Waals surface area (Å²) in [5.74, 6) is 2.80. The number of ether oxygens (including phenoxy) is 2. The topological polar surface area (TPSA) is 42.0 Å². The summed E-state index contributed by atoms with van der Waals surface area (Å²) in [5, 5.41) is 0. The molecule has 0 bridgehead atoms. The van der Waals surface area contributed by atoms with Crippen molar-refractivity contribution in [2.24, 2.45) is 5.92 Å². The van der Waals surface area contributed by atoms with Crippen molar-refractivity contribution in [3.8, 4) is 11.5 Å². The van der Waals surface area contributed by atoms with Crippen LogP contribution in [0, 0.1) is 5.92 Å². The lowest BCUT2D eigenvalue weighted by Gasteiger charge is -2.32. The molecule has 2 aliphatic rings. The molecule has 2 aromatic carbocycles. The van der Waals surface area contributed by atoms with Gasteiger partial charge in [-0.3, -0.25) is 4.79 Å². The van der Waals surface area contributed by atoms with Gasteiger partial charge in [-0.05, 0) is 92.1 Å². The summed E-state index contributed by atoms with van der Waals surface area (Å²) in [5.41, 5.74) is 4.02. The molecule has 0 radical (unpaired) electrons. The number of methoxy groups -OCH3 is 1. The standard InChI is InChI=1S/C29H40N2O3/c1-22(2)29(32)31-16-4-6-23-9-12-28(20-26(23)21-31)34-19-5-15-30-17-13-25(14-18-30)24-7-10-27(33-3)11-8-24/h7-12,20,22,25H,4-6,13-19,21H2,1-3H3. The highest BCUT2D eigenvalue weighted by Gasteiger charge is 2.22. The second-order valence-corrected chi connectivity index (χ2v) is 10.0. The number of carbonyl (C=O) groups is 1. The second kappa shape index (κ2) is 11.7. The lowest BCUT2D eigenvalue weighted by molar-refractivity contribution is -0.135. The van der Waals surface area contributed by atoms with Gasteiger partial charge in [0.25, 0.3) is 0 Å². The number of carbonyl (C=O) groups excluding carboxylic acids is 1. The molecule has 2 heterocycles. The van der Waals surface area contributed by atoms with Crippen molar-refractivity contribution < 1.29 is 14.3 Å². The normalized spacial score (nSPS) is 17.4. The molecule has 1 fully saturated rings. The van der Waals surface area contributed by atoms with Crippen LogP contribution < -0.4 is 9.47 Å². The number of likely N-dealkylation sites (tertiary alicyclic amines) is 1. The minimum absolute atomic E-state index is 0.0438. The molecule has 0 aromatic heterocycles. The van der Waals surface area contributed by atoms with Crippen LogP contribution >= 0.6 is 0 Å². The van der Waals surface area contributed by atoms with Gasteiger partial charge in [-0.25, -0.2) is 0 Å². The molecule has 1 saturated heterocycles. The fraction of sp³-hybridized carbons (Fsp3) is 0.552. The van der Waals surface area contributed by atoms with E-state index in [2.05, 4.69) is 47.4 Å². The summed E-state index contributed by atoms with van der Waals surface area (Å²) in [6.07, 6.45) is 5.51. The van der Waals surface area contributed by atoms with E-state index in [9.17, 15) is 4.79 Å². The summed E-state index contributed by atoms with van der Waals surface area (Å²) in [6.45, 7) is 9.61. The van der Waals surface area contributed by atoms with E-state index in [4.69, 9.17) is 9.47 Å². The molecule has 0 atom stereocenters. The van der Waals surface area contributed by atoms with Crippen LogP contribution in [0.5, 0.6) is 11.5 Å². The van der Waals surface area contributed by atoms with Gasteiger partial charge in [0, 0.05) is 25.6 Å². The van der Waals surface area contributed by atoms with Crippen LogP contribution in [0.25, 0.3) is 0 Å². The van der Waals surface area contributed by atoms with Crippen molar-refractivity contribution in [3.63, 3.8) is 0 Å². The molecule has 184 valence electrons. The van der Waals surface area contributed by atoms with Crippen LogP contribution in [-0.2, 0) is 17.8 Å². The Labute approximate surface area is 205 Å². The van der Waals surface area contributed by atoms with E-state index in [1.807, 2.05) is 18.7 Å². The van der Waals surface area contributed by atoms with Crippen LogP contribution in [0.1, 0.15) is 62.1 Å². The highest BCUT2D eigenvalue weighted by Crippen LogP contribution is 2.29. The molecule has 2 aromatic rings. The number of benzene rings is 2. The Morgan fingerprint density at radius 2 is 1.74 bits per heavy atom. The van der Waals surface area contributed by atoms with E-state index < -0.39 is 0 Å². The van der Waals surface area contributed by atoms with E-state index >= 15 is 0 Å². The number of piperidine rings is 1. The van der Waals surface area contributed by atoms with E-state index in [0.717, 1.165) is 63.5 Å². The van der Waals surface area contributed by atoms with E-state index in [0.29, 0.717) is 12.5 Å². The maximum atomic E-state index is 12.5. The first kappa shape index (κ1) is 24.6. The first-order valence-electron chi connectivity index (χ1n) is 12.9. The van der Waals surface area contributed by atoms with Gasteiger partial charge in [0.1, 0.15) is 11.5 Å². The Hall–Kier alpha value is -2.53. The van der Waals surface area contributed by atoms with Gasteiger partial charge in [-0.15, -0.1) is 0 Å². The summed E-state index contributed by atoms with van der Waals surface area (Å²) in [4.78, 5) is 17.1. The molecule has 34 heavy (non-hydrogen) atoms. The molecular formula is C29H40N2O3. The average Bonchev–Trinajstić information content (AvgIpc) is 3.08. The average molecular weight is 465 g/mol. The Kier molecular flexibility index (Phi) is 8.49. The van der Waals surface area contributed by atoms with Gasteiger partial charge in [-0.2, -0.15) is 0 Å². The highest BCUT2D eigenvalue weighted by molar-refractivity contribution is 5.78. The smallest absolute Gasteiger partial charge is 0.225 e. The van der Waals surface area contributed by atoms with Crippen LogP contribution in [0.3, 0.4) is 0 Å². The number of rotatable bonds is 8. The van der Waals surface area contributed by atoms with Crippen LogP contribution in [0.15, 0.2) is 42.5 Å². The zero-order valence-corrected chi connectivity index (χ0v) is 21.1. The number of fused-ring (bicyclic) bond motifs is 1. The zero-order valence-electron chi connectivity index (χ0n) is 21.1. The number of hydrogen-bond acceptors (Lipinski definition) is 4. The van der Waals surface area contributed by atoms with Crippen LogP contribution in [-0.4, -0.2) is 55.6 Å². The van der Waals surface area contributed by atoms with Crippen molar-refractivity contribution >= 4 is 5.91 Å². The second-order valence-electron chi connectivity index (χ2n) is 10.0. The third-order valence-electron chi connectivity index (χ3n) is 7.28. The third-order valence-corrected chi connectivity index (χ3v) is 7.28. The monoisotopic (exact) mass is 464 g/mol. The number of aryl methyl sites for hydroxylation is 1. The SMILES string of the molecule is COc1ccc(C2CCN(CCCOc3ccc4c(c3)CN(C(=O)C(C)C)CCC4)CC2)cc1. The molecule has 0 saturated carbocycles. The van der Waals surface area contributed by atoms with Gasteiger partial charge < -0.3 is 19.3 Å². The van der Waals surface area contributed by atoms with E-state index in [-0.39, 0.29) is 11.8 Å². The van der Waals surface area contributed by atoms with Gasteiger partial charge in [-0.1, -0.05) is 32.0 Å². The Morgan fingerprint density at radius 3 is 2.44 bits per heavy atom. The minimum atomic E-state index is 0.0438. The molecule has 5 heteroatoms. The van der Waals surface area contributed by atoms with Gasteiger partial charge in [0.05, 0.1) is 13.7 Å². The van der Waals surface area contributed by atoms with Gasteiger partial charge in [0.2, 0.25) is 5.91 Å². The molecule has 1 amide bonds. The van der Waals surface area contributed by atoms with Crippen LogP contribution in [0.2, 0.25) is 0 Å². The first-order valence-corrected chi connectivity index (χ1v) is 12.9. The maximum absolute atomic E-state index is 12.5. The summed E-state index contributed by atoms with van der Waals surface area (Å²) >= 11 is 0. The van der Waals surface area contributed by atoms with Crippen LogP contribution in [0.4, 0.5) is 0 Å². The predicted octanol–water partition coefficient (Wildman–Crippen LogP) is 5.27. The van der Waals surface area contributed by atoms with Crippen molar-refractivity contribution in [1.29, 1.82) is 0 Å². The summed E-state index contributed by atoms with van der Waals surface area (Å²) < 4.78 is 11.4. The first-order chi connectivity index (χ1) is 16.5. The molecule has 2 aliphatic heterocycles. The predicted molar refractivity (Wildman–Crippen MR) is 137 cm³/mol. The fourth-order valence-electron chi connectivity index (χ4n) is 5.23. The lowest BCUT2D eigenvalue weighted by atomic mass is 9.89. The Morgan fingerprint density at radius 1 is 1.00 bits per heavy atom. The largest absolute Gasteiger partial charge is 0.497 e. The number of hydrogen-bond donors (Lipinski definition) is 0. The summed E-state index contributed by atoms with van der Waals surface area (Å²) in [6, 6.07) is 15.0. The molecular weight excluding hydrogens is 424 g/mol. The molecule has 4 rings (SSSR count). The minimum Gasteiger partial charge on any atom is -0.497 e. The van der Waals surface area contributed by atoms with Crippen molar-refractivity contribution in [3.05, 3.63) is 59.2 Å². The van der Waals surface area contributed by atoms with Crippen molar-refractivity contribution in [2.45, 2.75) is 58.4 Å². The molecule has 0 N–H and O–H groups in total. The number of nitrogens with zero attached hydrogens (tertiary/aromatic N) is 2. The zero-order chi connectivity index (χ0) is 23.9. The molecule has 5 nitrogen and oxygen atoms in total. The molecule has 0 aliphatic carbocycles. The Bertz CT molecular complexity index is 933. The quantitative estimate of drug-likeness (QED) is 0.499. The summed E-state index contributed by atoms with van der Waals surface area (Å²) in [7, 11) is 1.72.